The van der Waals surface area contributed by atoms with Gasteiger partial charge in [-0.2, -0.15) is 0 Å². The maximum absolute atomic E-state index is 11.5. The van der Waals surface area contributed by atoms with E-state index in [0.29, 0.717) is 0 Å². The third-order valence-electron chi connectivity index (χ3n) is 2.17. The number of amides is 1. The molecule has 7 heteroatoms. The molecule has 0 radical (unpaired) electrons. The molecular weight excluding hydrogens is 334 g/mol. The van der Waals surface area contributed by atoms with Crippen LogP contribution < -0.4 is 5.32 Å². The van der Waals surface area contributed by atoms with Crippen molar-refractivity contribution in [2.24, 2.45) is 0 Å². The zero-order valence-corrected chi connectivity index (χ0v) is 12.6. The van der Waals surface area contributed by atoms with Crippen molar-refractivity contribution in [1.29, 1.82) is 0 Å². The summed E-state index contributed by atoms with van der Waals surface area (Å²) in [6, 6.07) is 3.74. The zero-order valence-electron chi connectivity index (χ0n) is 10.2. The van der Waals surface area contributed by atoms with E-state index in [9.17, 15) is 14.7 Å². The van der Waals surface area contributed by atoms with Crippen LogP contribution in [-0.4, -0.2) is 34.2 Å². The highest BCUT2D eigenvalue weighted by molar-refractivity contribution is 9.11. The fourth-order valence-corrected chi connectivity index (χ4v) is 2.63. The largest absolute Gasteiger partial charge is 0.481 e. The van der Waals surface area contributed by atoms with Gasteiger partial charge in [0.2, 0.25) is 5.91 Å². The fraction of sp³-hybridized carbons (Fsp3) is 0.333. The van der Waals surface area contributed by atoms with E-state index in [0.717, 1.165) is 8.66 Å². The number of carbonyl (C=O) groups is 2. The van der Waals surface area contributed by atoms with E-state index in [1.807, 2.05) is 12.1 Å². The molecule has 0 saturated heterocycles. The first kappa shape index (κ1) is 15.9. The van der Waals surface area contributed by atoms with E-state index in [-0.39, 0.29) is 12.5 Å². The Labute approximate surface area is 123 Å². The molecule has 19 heavy (non-hydrogen) atoms. The van der Waals surface area contributed by atoms with Gasteiger partial charge in [-0.05, 0) is 41.1 Å². The first-order chi connectivity index (χ1) is 8.78. The van der Waals surface area contributed by atoms with Crippen LogP contribution in [0.15, 0.2) is 22.0 Å². The summed E-state index contributed by atoms with van der Waals surface area (Å²) in [5.74, 6) is -1.49. The van der Waals surface area contributed by atoms with Crippen LogP contribution in [0.25, 0.3) is 6.08 Å². The fourth-order valence-electron chi connectivity index (χ4n) is 1.30. The number of nitrogens with one attached hydrogen (secondary N) is 1. The lowest BCUT2D eigenvalue weighted by Gasteiger charge is -2.20. The van der Waals surface area contributed by atoms with Crippen LogP contribution in [0.3, 0.4) is 0 Å². The molecule has 0 bridgehead atoms. The van der Waals surface area contributed by atoms with Crippen molar-refractivity contribution in [2.45, 2.75) is 18.9 Å². The highest BCUT2D eigenvalue weighted by Crippen LogP contribution is 2.22. The smallest absolute Gasteiger partial charge is 0.306 e. The van der Waals surface area contributed by atoms with Crippen LogP contribution in [0.1, 0.15) is 18.2 Å². The van der Waals surface area contributed by atoms with Crippen molar-refractivity contribution in [2.75, 3.05) is 6.54 Å². The molecule has 0 fully saturated rings. The maximum Gasteiger partial charge on any atom is 0.306 e. The minimum absolute atomic E-state index is 0.114. The SMILES string of the molecule is CC(O)(CNC(=O)C=Cc1ccc(Br)s1)CC(=O)O. The number of carbonyl (C=O) groups excluding carboxylic acids is 1. The Morgan fingerprint density at radius 1 is 1.53 bits per heavy atom. The Balaban J connectivity index is 2.43. The lowest BCUT2D eigenvalue weighted by molar-refractivity contribution is -0.142. The summed E-state index contributed by atoms with van der Waals surface area (Å²) in [5.41, 5.74) is -1.46. The molecule has 0 spiro atoms. The van der Waals surface area contributed by atoms with Crippen molar-refractivity contribution in [3.63, 3.8) is 0 Å². The van der Waals surface area contributed by atoms with Crippen LogP contribution in [0.2, 0.25) is 0 Å². The average Bonchev–Trinajstić information content (AvgIpc) is 2.68. The molecule has 1 aromatic rings. The Kier molecular flexibility index (Phi) is 5.71. The van der Waals surface area contributed by atoms with Crippen molar-refractivity contribution < 1.29 is 19.8 Å². The quantitative estimate of drug-likeness (QED) is 0.685. The highest BCUT2D eigenvalue weighted by atomic mass is 79.9. The molecule has 104 valence electrons. The maximum atomic E-state index is 11.5. The van der Waals surface area contributed by atoms with Crippen LogP contribution in [0, 0.1) is 0 Å². The number of hydrogen-bond donors (Lipinski definition) is 3. The molecular formula is C12H14BrNO4S. The van der Waals surface area contributed by atoms with Crippen LogP contribution in [0.4, 0.5) is 0 Å². The van der Waals surface area contributed by atoms with Gasteiger partial charge in [0.25, 0.3) is 0 Å². The molecule has 3 N–H and O–H groups in total. The minimum atomic E-state index is -1.46. The van der Waals surface area contributed by atoms with Gasteiger partial charge in [-0.1, -0.05) is 0 Å². The zero-order chi connectivity index (χ0) is 14.5. The van der Waals surface area contributed by atoms with Gasteiger partial charge < -0.3 is 15.5 Å². The van der Waals surface area contributed by atoms with Crippen molar-refractivity contribution >= 4 is 45.2 Å². The number of carboxylic acid groups (broad SMARTS) is 1. The molecule has 0 aromatic carbocycles. The summed E-state index contributed by atoms with van der Waals surface area (Å²) in [5, 5.41) is 20.7. The second-order valence-corrected chi connectivity index (χ2v) is 6.76. The summed E-state index contributed by atoms with van der Waals surface area (Å²) in [6.45, 7) is 1.25. The Bertz CT molecular complexity index is 496. The topological polar surface area (TPSA) is 86.6 Å². The van der Waals surface area contributed by atoms with Gasteiger partial charge in [-0.3, -0.25) is 9.59 Å². The number of aliphatic carboxylic acids is 1. The van der Waals surface area contributed by atoms with E-state index in [2.05, 4.69) is 21.2 Å². The molecule has 0 aliphatic rings. The highest BCUT2D eigenvalue weighted by Gasteiger charge is 2.24. The van der Waals surface area contributed by atoms with E-state index in [4.69, 9.17) is 5.11 Å². The predicted octanol–water partition coefficient (Wildman–Crippen LogP) is 1.87. The molecule has 1 amide bonds. The summed E-state index contributed by atoms with van der Waals surface area (Å²) in [4.78, 5) is 22.9. The first-order valence-electron chi connectivity index (χ1n) is 5.44. The first-order valence-corrected chi connectivity index (χ1v) is 7.05. The Morgan fingerprint density at radius 2 is 2.21 bits per heavy atom. The molecule has 1 rings (SSSR count). The minimum Gasteiger partial charge on any atom is -0.481 e. The van der Waals surface area contributed by atoms with Gasteiger partial charge in [0.15, 0.2) is 0 Å². The van der Waals surface area contributed by atoms with Crippen molar-refractivity contribution in [3.05, 3.63) is 26.9 Å². The van der Waals surface area contributed by atoms with Crippen molar-refractivity contribution in [3.8, 4) is 0 Å². The monoisotopic (exact) mass is 347 g/mol. The molecule has 1 atom stereocenters. The second kappa shape index (κ2) is 6.83. The average molecular weight is 348 g/mol. The van der Waals surface area contributed by atoms with Crippen LogP contribution in [0.5, 0.6) is 0 Å². The molecule has 1 aromatic heterocycles. The summed E-state index contributed by atoms with van der Waals surface area (Å²) in [6.07, 6.45) is 2.57. The second-order valence-electron chi connectivity index (χ2n) is 4.26. The van der Waals surface area contributed by atoms with Crippen molar-refractivity contribution in [1.82, 2.24) is 5.32 Å². The molecule has 1 unspecified atom stereocenters. The standard InChI is InChI=1S/C12H14BrNO4S/c1-12(18,6-11(16)17)7-14-10(15)5-3-8-2-4-9(13)19-8/h2-5,18H,6-7H2,1H3,(H,14,15)(H,16,17). The number of thiophene rings is 1. The third kappa shape index (κ3) is 6.51. The normalized spacial score (nSPS) is 14.3. The van der Waals surface area contributed by atoms with Gasteiger partial charge in [-0.15, -0.1) is 11.3 Å². The number of aliphatic hydroxyl groups is 1. The number of carboxylic acids is 1. The van der Waals surface area contributed by atoms with Gasteiger partial charge in [0, 0.05) is 17.5 Å². The molecule has 0 aliphatic heterocycles. The summed E-state index contributed by atoms with van der Waals surface area (Å²) >= 11 is 4.80. The lowest BCUT2D eigenvalue weighted by Crippen LogP contribution is -2.41. The molecule has 0 saturated carbocycles. The van der Waals surface area contributed by atoms with E-state index >= 15 is 0 Å². The summed E-state index contributed by atoms with van der Waals surface area (Å²) < 4.78 is 0.969. The number of halogens is 1. The Morgan fingerprint density at radius 3 is 2.74 bits per heavy atom. The van der Waals surface area contributed by atoms with Gasteiger partial charge in [0.1, 0.15) is 0 Å². The van der Waals surface area contributed by atoms with Gasteiger partial charge in [-0.25, -0.2) is 0 Å². The molecule has 1 heterocycles. The summed E-state index contributed by atoms with van der Waals surface area (Å²) in [7, 11) is 0. The van der Waals surface area contributed by atoms with E-state index < -0.39 is 18.0 Å². The van der Waals surface area contributed by atoms with Crippen LogP contribution in [-0.2, 0) is 9.59 Å². The Hall–Kier alpha value is -1.18. The van der Waals surface area contributed by atoms with E-state index in [1.165, 1.54) is 24.3 Å². The third-order valence-corrected chi connectivity index (χ3v) is 3.76. The number of rotatable bonds is 6. The van der Waals surface area contributed by atoms with Crippen LogP contribution >= 0.6 is 27.3 Å². The lowest BCUT2D eigenvalue weighted by atomic mass is 10.0. The molecule has 0 aliphatic carbocycles. The van der Waals surface area contributed by atoms with Gasteiger partial charge >= 0.3 is 5.97 Å². The molecule has 5 nitrogen and oxygen atoms in total. The number of hydrogen-bond acceptors (Lipinski definition) is 4. The predicted molar refractivity (Wildman–Crippen MR) is 76.9 cm³/mol. The van der Waals surface area contributed by atoms with Gasteiger partial charge in [0.05, 0.1) is 15.8 Å². The van der Waals surface area contributed by atoms with E-state index in [1.54, 1.807) is 6.08 Å².